The van der Waals surface area contributed by atoms with Crippen molar-refractivity contribution in [1.82, 2.24) is 0 Å². The summed E-state index contributed by atoms with van der Waals surface area (Å²) < 4.78 is 11.4. The molecule has 0 N–H and O–H groups in total. The minimum atomic E-state index is -1.74. The summed E-state index contributed by atoms with van der Waals surface area (Å²) in [6.45, 7) is 9.95. The van der Waals surface area contributed by atoms with Crippen LogP contribution in [0.2, 0.25) is 0 Å². The molecule has 0 aromatic carbocycles. The van der Waals surface area contributed by atoms with Gasteiger partial charge in [-0.05, 0) is 0 Å². The molecule has 0 aromatic heterocycles. The molecule has 0 saturated carbocycles. The van der Waals surface area contributed by atoms with Crippen molar-refractivity contribution in [3.05, 3.63) is 0 Å². The van der Waals surface area contributed by atoms with Crippen molar-refractivity contribution in [2.75, 3.05) is 25.5 Å². The van der Waals surface area contributed by atoms with Crippen LogP contribution in [0.5, 0.6) is 0 Å². The van der Waals surface area contributed by atoms with Crippen molar-refractivity contribution in [3.8, 4) is 0 Å². The first-order chi connectivity index (χ1) is 5.24. The summed E-state index contributed by atoms with van der Waals surface area (Å²) in [6.07, 6.45) is 2.12. The molecule has 0 rings (SSSR count). The first-order valence-corrected chi connectivity index (χ1v) is 6.75. The van der Waals surface area contributed by atoms with Gasteiger partial charge in [-0.1, -0.05) is 0 Å². The molecule has 0 aromatic rings. The molecule has 3 heteroatoms. The molecule has 70 valence electrons. The molecule has 0 saturated heterocycles. The number of hydrogen-bond donors (Lipinski definition) is 0. The van der Waals surface area contributed by atoms with Crippen LogP contribution in [0.3, 0.4) is 0 Å². The molecule has 0 aliphatic carbocycles. The second-order valence-electron chi connectivity index (χ2n) is 2.48. The maximum atomic E-state index is 5.68. The molecule has 0 unspecified atom stereocenters. The molecule has 0 aliphatic heterocycles. The molecule has 11 heavy (non-hydrogen) atoms. The zero-order valence-corrected chi connectivity index (χ0v) is 9.14. The van der Waals surface area contributed by atoms with Crippen LogP contribution in [0.25, 0.3) is 0 Å². The van der Waals surface area contributed by atoms with Crippen LogP contribution in [0.1, 0.15) is 27.7 Å². The van der Waals surface area contributed by atoms with Gasteiger partial charge in [0, 0.05) is 0 Å². The average molecular weight is 180 g/mol. The van der Waals surface area contributed by atoms with Gasteiger partial charge in [0.1, 0.15) is 0 Å². The Hall–Kier alpha value is 0.350. The summed E-state index contributed by atoms with van der Waals surface area (Å²) in [6, 6.07) is 0. The SMILES string of the molecule is CCO[PH](CC)(CC)OCC. The molecule has 0 heterocycles. The Bertz CT molecular complexity index is 84.1. The van der Waals surface area contributed by atoms with Gasteiger partial charge in [0.2, 0.25) is 0 Å². The first-order valence-electron chi connectivity index (χ1n) is 4.52. The Balaban J connectivity index is 3.96. The quantitative estimate of drug-likeness (QED) is 0.585. The molecule has 0 amide bonds. The van der Waals surface area contributed by atoms with E-state index in [-0.39, 0.29) is 0 Å². The van der Waals surface area contributed by atoms with E-state index in [0.717, 1.165) is 25.5 Å². The van der Waals surface area contributed by atoms with E-state index in [4.69, 9.17) is 9.05 Å². The van der Waals surface area contributed by atoms with E-state index in [2.05, 4.69) is 13.8 Å². The van der Waals surface area contributed by atoms with Crippen molar-refractivity contribution in [3.63, 3.8) is 0 Å². The number of hydrogen-bond acceptors (Lipinski definition) is 2. The molecular weight excluding hydrogens is 159 g/mol. The number of rotatable bonds is 6. The molecule has 0 fully saturated rings. The van der Waals surface area contributed by atoms with Gasteiger partial charge in [-0.3, -0.25) is 0 Å². The van der Waals surface area contributed by atoms with Crippen LogP contribution in [-0.2, 0) is 9.05 Å². The zero-order chi connectivity index (χ0) is 8.74. The monoisotopic (exact) mass is 180 g/mol. The van der Waals surface area contributed by atoms with Gasteiger partial charge in [0.15, 0.2) is 0 Å². The van der Waals surface area contributed by atoms with Gasteiger partial charge in [0.05, 0.1) is 0 Å². The second-order valence-corrected chi connectivity index (χ2v) is 6.30. The fourth-order valence-corrected chi connectivity index (χ4v) is 3.68. The van der Waals surface area contributed by atoms with Gasteiger partial charge < -0.3 is 0 Å². The standard InChI is InChI=1S/C8H21O2P/c1-5-9-11(7-3,8-4)10-6-2/h11H,5-8H2,1-4H3. The summed E-state index contributed by atoms with van der Waals surface area (Å²) in [5.74, 6) is 0. The van der Waals surface area contributed by atoms with E-state index >= 15 is 0 Å². The van der Waals surface area contributed by atoms with E-state index in [1.54, 1.807) is 0 Å². The Labute approximate surface area is 70.8 Å². The predicted octanol–water partition coefficient (Wildman–Crippen LogP) is 2.68. The molecular formula is C8H21O2P. The summed E-state index contributed by atoms with van der Waals surface area (Å²) in [4.78, 5) is 0. The van der Waals surface area contributed by atoms with Crippen molar-refractivity contribution in [1.29, 1.82) is 0 Å². The van der Waals surface area contributed by atoms with Gasteiger partial charge >= 0.3 is 70.0 Å². The summed E-state index contributed by atoms with van der Waals surface area (Å²) in [5.41, 5.74) is 0. The van der Waals surface area contributed by atoms with Gasteiger partial charge in [-0.15, -0.1) is 0 Å². The van der Waals surface area contributed by atoms with Crippen molar-refractivity contribution in [2.24, 2.45) is 0 Å². The summed E-state index contributed by atoms with van der Waals surface area (Å²) in [5, 5.41) is 0. The van der Waals surface area contributed by atoms with Gasteiger partial charge in [-0.25, -0.2) is 0 Å². The Kier molecular flexibility index (Phi) is 6.12. The average Bonchev–Trinajstić information content (AvgIpc) is 2.04. The molecule has 0 atom stereocenters. The van der Waals surface area contributed by atoms with Crippen LogP contribution in [0.4, 0.5) is 0 Å². The van der Waals surface area contributed by atoms with Crippen LogP contribution in [0.15, 0.2) is 0 Å². The Morgan fingerprint density at radius 2 is 1.18 bits per heavy atom. The summed E-state index contributed by atoms with van der Waals surface area (Å²) >= 11 is 0. The van der Waals surface area contributed by atoms with E-state index < -0.39 is 7.72 Å². The van der Waals surface area contributed by atoms with Crippen molar-refractivity contribution >= 4 is 7.72 Å². The van der Waals surface area contributed by atoms with Gasteiger partial charge in [0.25, 0.3) is 0 Å². The first kappa shape index (κ1) is 11.4. The van der Waals surface area contributed by atoms with E-state index in [1.807, 2.05) is 13.8 Å². The third-order valence-corrected chi connectivity index (χ3v) is 5.68. The Morgan fingerprint density at radius 1 is 0.818 bits per heavy atom. The van der Waals surface area contributed by atoms with E-state index in [0.29, 0.717) is 0 Å². The fourth-order valence-electron chi connectivity index (χ4n) is 1.23. The third kappa shape index (κ3) is 3.50. The zero-order valence-electron chi connectivity index (χ0n) is 8.14. The molecule has 2 nitrogen and oxygen atoms in total. The minimum absolute atomic E-state index is 0.786. The predicted molar refractivity (Wildman–Crippen MR) is 52.6 cm³/mol. The second kappa shape index (κ2) is 5.93. The molecule has 0 spiro atoms. The van der Waals surface area contributed by atoms with Crippen LogP contribution < -0.4 is 0 Å². The van der Waals surface area contributed by atoms with Gasteiger partial charge in [-0.2, -0.15) is 0 Å². The fraction of sp³-hybridized carbons (Fsp3) is 1.00. The van der Waals surface area contributed by atoms with E-state index in [1.165, 1.54) is 0 Å². The van der Waals surface area contributed by atoms with Crippen molar-refractivity contribution < 1.29 is 9.05 Å². The van der Waals surface area contributed by atoms with Crippen LogP contribution >= 0.6 is 7.72 Å². The van der Waals surface area contributed by atoms with Crippen LogP contribution in [0, 0.1) is 0 Å². The van der Waals surface area contributed by atoms with E-state index in [9.17, 15) is 0 Å². The Morgan fingerprint density at radius 3 is 1.36 bits per heavy atom. The summed E-state index contributed by atoms with van der Waals surface area (Å²) in [7, 11) is -1.74. The third-order valence-electron chi connectivity index (χ3n) is 1.89. The normalized spacial score (nSPS) is 13.5. The van der Waals surface area contributed by atoms with Crippen molar-refractivity contribution in [2.45, 2.75) is 27.7 Å². The molecule has 0 radical (unpaired) electrons. The maximum absolute atomic E-state index is 5.68. The molecule has 0 bridgehead atoms. The topological polar surface area (TPSA) is 18.5 Å². The van der Waals surface area contributed by atoms with Crippen LogP contribution in [-0.4, -0.2) is 25.5 Å². The molecule has 0 aliphatic rings.